The average molecular weight is 311 g/mol. The molecule has 10 heteroatoms. The summed E-state index contributed by atoms with van der Waals surface area (Å²) in [4.78, 5) is 42.2. The number of hydrogen-bond acceptors (Lipinski definition) is 6. The van der Waals surface area contributed by atoms with E-state index in [0.717, 1.165) is 4.90 Å². The molecule has 10 nitrogen and oxygen atoms in total. The minimum Gasteiger partial charge on any atom is -0.393 e. The molecule has 1 atom stereocenters. The van der Waals surface area contributed by atoms with Gasteiger partial charge in [-0.2, -0.15) is 0 Å². The largest absolute Gasteiger partial charge is 0.393 e. The predicted octanol–water partition coefficient (Wildman–Crippen LogP) is -2.88. The van der Waals surface area contributed by atoms with Crippen LogP contribution in [0.3, 0.4) is 0 Å². The molecular formula is C12H19N6O4+. The Kier molecular flexibility index (Phi) is 4.40. The molecule has 0 bridgehead atoms. The highest BCUT2D eigenvalue weighted by atomic mass is 16.3. The first-order valence-corrected chi connectivity index (χ1v) is 6.79. The maximum Gasteiger partial charge on any atom is 0.389 e. The number of fused-ring (bicyclic) bond motifs is 1. The highest BCUT2D eigenvalue weighted by Gasteiger charge is 2.51. The third-order valence-electron chi connectivity index (χ3n) is 3.52. The number of nitrogens with two attached hydrogens (primary N) is 1. The number of aliphatic hydroxyl groups is 1. The van der Waals surface area contributed by atoms with E-state index in [1.807, 2.05) is 0 Å². The quantitative estimate of drug-likeness (QED) is 0.469. The van der Waals surface area contributed by atoms with Gasteiger partial charge in [0.25, 0.3) is 5.91 Å². The first kappa shape index (κ1) is 15.9. The minimum atomic E-state index is -0.739. The van der Waals surface area contributed by atoms with Gasteiger partial charge in [-0.3, -0.25) is 24.7 Å². The van der Waals surface area contributed by atoms with Crippen LogP contribution in [0.1, 0.15) is 6.42 Å². The first-order valence-electron chi connectivity index (χ1n) is 6.79. The van der Waals surface area contributed by atoms with Crippen molar-refractivity contribution in [3.05, 3.63) is 0 Å². The molecule has 0 aromatic heterocycles. The molecule has 1 unspecified atom stereocenters. The maximum atomic E-state index is 12.5. The van der Waals surface area contributed by atoms with Gasteiger partial charge in [-0.25, -0.2) is 9.37 Å². The Bertz CT molecular complexity index is 584. The van der Waals surface area contributed by atoms with E-state index in [1.54, 1.807) is 11.6 Å². The lowest BCUT2D eigenvalue weighted by Crippen LogP contribution is -2.62. The van der Waals surface area contributed by atoms with E-state index in [-0.39, 0.29) is 26.1 Å². The predicted molar refractivity (Wildman–Crippen MR) is 76.2 cm³/mol. The van der Waals surface area contributed by atoms with Crippen LogP contribution >= 0.6 is 0 Å². The lowest BCUT2D eigenvalue weighted by molar-refractivity contribution is -0.507. The molecule has 2 aliphatic rings. The van der Waals surface area contributed by atoms with Gasteiger partial charge in [0, 0.05) is 20.0 Å². The van der Waals surface area contributed by atoms with Gasteiger partial charge in [0.05, 0.1) is 20.2 Å². The van der Waals surface area contributed by atoms with E-state index >= 15 is 0 Å². The van der Waals surface area contributed by atoms with Gasteiger partial charge in [0.15, 0.2) is 0 Å². The van der Waals surface area contributed by atoms with Crippen LogP contribution in [0, 0.1) is 0 Å². The summed E-state index contributed by atoms with van der Waals surface area (Å²) in [6.45, 7) is 0.134. The Morgan fingerprint density at radius 2 is 2.18 bits per heavy atom. The minimum absolute atomic E-state index is 0.0611. The molecule has 120 valence electrons. The van der Waals surface area contributed by atoms with Crippen LogP contribution in [0.5, 0.6) is 0 Å². The molecular weight excluding hydrogens is 292 g/mol. The second kappa shape index (κ2) is 6.10. The summed E-state index contributed by atoms with van der Waals surface area (Å²) in [6.07, 6.45) is -0.0897. The number of primary amides is 1. The van der Waals surface area contributed by atoms with Crippen LogP contribution < -0.4 is 11.1 Å². The van der Waals surface area contributed by atoms with Gasteiger partial charge >= 0.3 is 12.0 Å². The second-order valence-corrected chi connectivity index (χ2v) is 5.01. The van der Waals surface area contributed by atoms with E-state index in [0.29, 0.717) is 11.8 Å². The average Bonchev–Trinajstić information content (AvgIpc) is 2.79. The van der Waals surface area contributed by atoms with Crippen molar-refractivity contribution in [1.82, 2.24) is 15.1 Å². The molecule has 1 fully saturated rings. The van der Waals surface area contributed by atoms with Crippen LogP contribution in [0.4, 0.5) is 4.79 Å². The smallest absolute Gasteiger partial charge is 0.389 e. The molecule has 0 spiro atoms. The highest BCUT2D eigenvalue weighted by Crippen LogP contribution is 2.18. The van der Waals surface area contributed by atoms with Gasteiger partial charge in [-0.1, -0.05) is 4.99 Å². The molecule has 22 heavy (non-hydrogen) atoms. The zero-order valence-corrected chi connectivity index (χ0v) is 12.4. The summed E-state index contributed by atoms with van der Waals surface area (Å²) in [5.74, 6) is -0.321. The molecule has 0 aromatic carbocycles. The number of amidine groups is 1. The van der Waals surface area contributed by atoms with E-state index in [1.165, 1.54) is 11.9 Å². The molecule has 0 radical (unpaired) electrons. The molecule has 0 aromatic rings. The Balaban J connectivity index is 2.26. The van der Waals surface area contributed by atoms with E-state index in [2.05, 4.69) is 10.3 Å². The fraction of sp³-hybridized carbons (Fsp3) is 0.583. The topological polar surface area (TPSA) is 131 Å². The lowest BCUT2D eigenvalue weighted by atomic mass is 10.1. The number of likely N-dealkylation sites (N-methyl/N-ethyl adjacent to an activating group) is 2. The van der Waals surface area contributed by atoms with Gasteiger partial charge in [0.1, 0.15) is 0 Å². The van der Waals surface area contributed by atoms with Gasteiger partial charge in [-0.15, -0.1) is 0 Å². The number of imide groups is 1. The van der Waals surface area contributed by atoms with Crippen LogP contribution in [-0.2, 0) is 9.59 Å². The molecule has 4 amide bonds. The van der Waals surface area contributed by atoms with E-state index in [4.69, 9.17) is 10.8 Å². The number of urea groups is 1. The number of carbonyl (C=O) groups excluding carboxylic acids is 3. The Hall–Kier alpha value is -2.49. The molecule has 2 heterocycles. The number of hydrogen-bond donors (Lipinski definition) is 3. The van der Waals surface area contributed by atoms with Crippen molar-refractivity contribution in [2.75, 3.05) is 33.8 Å². The molecule has 2 rings (SSSR count). The number of aliphatic hydroxyl groups excluding tert-OH is 1. The Labute approximate surface area is 126 Å². The fourth-order valence-electron chi connectivity index (χ4n) is 2.36. The number of amides is 4. The highest BCUT2D eigenvalue weighted by molar-refractivity contribution is 6.22. The van der Waals surface area contributed by atoms with E-state index < -0.39 is 23.9 Å². The lowest BCUT2D eigenvalue weighted by Gasteiger charge is -2.33. The van der Waals surface area contributed by atoms with Crippen LogP contribution in [0.25, 0.3) is 0 Å². The zero-order valence-electron chi connectivity index (χ0n) is 12.4. The fourth-order valence-corrected chi connectivity index (χ4v) is 2.36. The van der Waals surface area contributed by atoms with Crippen LogP contribution in [0.2, 0.25) is 0 Å². The van der Waals surface area contributed by atoms with Crippen molar-refractivity contribution < 1.29 is 24.1 Å². The van der Waals surface area contributed by atoms with Crippen molar-refractivity contribution >= 4 is 29.6 Å². The normalized spacial score (nSPS) is 21.2. The van der Waals surface area contributed by atoms with Gasteiger partial charge in [0.2, 0.25) is 17.8 Å². The number of nitrogens with zero attached hydrogens (tertiary/aromatic N) is 4. The summed E-state index contributed by atoms with van der Waals surface area (Å²) in [7, 11) is 3.18. The van der Waals surface area contributed by atoms with Gasteiger partial charge in [-0.05, 0) is 0 Å². The summed E-state index contributed by atoms with van der Waals surface area (Å²) < 4.78 is 1.59. The molecule has 1 saturated heterocycles. The van der Waals surface area contributed by atoms with Crippen molar-refractivity contribution in [3.8, 4) is 0 Å². The summed E-state index contributed by atoms with van der Waals surface area (Å²) >= 11 is 0. The zero-order chi connectivity index (χ0) is 16.4. The number of carbonyl (C=O) groups is 3. The second-order valence-electron chi connectivity index (χ2n) is 5.01. The summed E-state index contributed by atoms with van der Waals surface area (Å²) in [6, 6.07) is -1.28. The maximum absolute atomic E-state index is 12.5. The van der Waals surface area contributed by atoms with Crippen LogP contribution in [-0.4, -0.2) is 89.0 Å². The standard InChI is InChI=1S/C12H18N6O4/c1-16-8-9(15-11(16)14-4-6-19)17(2)12(22)18(10(8)21)5-3-7(13)20/h8,19H,3-6H2,1-2H3,(H2,13,20)/p+1. The monoisotopic (exact) mass is 311 g/mol. The van der Waals surface area contributed by atoms with Gasteiger partial charge < -0.3 is 10.8 Å². The third-order valence-corrected chi connectivity index (χ3v) is 3.52. The molecule has 2 aliphatic heterocycles. The van der Waals surface area contributed by atoms with Crippen LogP contribution in [0.15, 0.2) is 4.99 Å². The summed E-state index contributed by atoms with van der Waals surface area (Å²) in [5.41, 5.74) is 5.07. The number of rotatable bonds is 5. The first-order chi connectivity index (χ1) is 10.4. The number of aliphatic imine (C=N–C) groups is 1. The third kappa shape index (κ3) is 2.64. The van der Waals surface area contributed by atoms with Crippen molar-refractivity contribution in [2.45, 2.75) is 12.5 Å². The summed E-state index contributed by atoms with van der Waals surface area (Å²) in [5, 5.41) is 11.7. The molecule has 0 saturated carbocycles. The van der Waals surface area contributed by atoms with E-state index in [9.17, 15) is 14.4 Å². The number of guanidine groups is 1. The molecule has 0 aliphatic carbocycles. The van der Waals surface area contributed by atoms with Crippen molar-refractivity contribution in [3.63, 3.8) is 0 Å². The van der Waals surface area contributed by atoms with Crippen molar-refractivity contribution in [1.29, 1.82) is 0 Å². The number of nitrogens with one attached hydrogen (secondary N) is 1. The SMILES string of the molecule is CN1C(=O)N(CCC(N)=O)C(=O)C2C1=NC(NCCO)=[N+]2C. The Morgan fingerprint density at radius 3 is 2.77 bits per heavy atom. The van der Waals surface area contributed by atoms with Crippen molar-refractivity contribution in [2.24, 2.45) is 10.7 Å². The Morgan fingerprint density at radius 1 is 1.50 bits per heavy atom. The molecule has 4 N–H and O–H groups in total.